The van der Waals surface area contributed by atoms with Crippen molar-refractivity contribution in [2.75, 3.05) is 5.73 Å². The van der Waals surface area contributed by atoms with Crippen LogP contribution in [0.4, 0.5) is 5.95 Å². The number of hydrogen-bond donors (Lipinski definition) is 1. The highest BCUT2D eigenvalue weighted by molar-refractivity contribution is 5.65. The first-order valence-electron chi connectivity index (χ1n) is 6.19. The quantitative estimate of drug-likeness (QED) is 0.835. The van der Waals surface area contributed by atoms with Crippen LogP contribution < -0.4 is 5.73 Å². The number of anilines is 1. The summed E-state index contributed by atoms with van der Waals surface area (Å²) in [7, 11) is 1.91. The van der Waals surface area contributed by atoms with Gasteiger partial charge in [-0.3, -0.25) is 0 Å². The minimum atomic E-state index is 0.142. The van der Waals surface area contributed by atoms with Gasteiger partial charge in [0.2, 0.25) is 0 Å². The van der Waals surface area contributed by atoms with Crippen molar-refractivity contribution in [2.45, 2.75) is 33.1 Å². The highest BCUT2D eigenvalue weighted by atomic mass is 15.1. The van der Waals surface area contributed by atoms with Gasteiger partial charge in [-0.2, -0.15) is 0 Å². The SMILES string of the molecule is Cc1ccc(C(C)(C)C)cc1-c1cn(C)c(N)n1. The minimum Gasteiger partial charge on any atom is -0.369 e. The van der Waals surface area contributed by atoms with Gasteiger partial charge in [0, 0.05) is 18.8 Å². The second kappa shape index (κ2) is 4.16. The molecule has 0 bridgehead atoms. The van der Waals surface area contributed by atoms with E-state index in [9.17, 15) is 0 Å². The maximum absolute atomic E-state index is 5.80. The first-order valence-corrected chi connectivity index (χ1v) is 6.19. The lowest BCUT2D eigenvalue weighted by atomic mass is 9.85. The topological polar surface area (TPSA) is 43.8 Å². The molecular formula is C15H21N3. The molecule has 0 saturated heterocycles. The Labute approximate surface area is 109 Å². The van der Waals surface area contributed by atoms with Crippen LogP contribution in [-0.2, 0) is 12.5 Å². The molecule has 3 heteroatoms. The van der Waals surface area contributed by atoms with Gasteiger partial charge in [0.1, 0.15) is 0 Å². The van der Waals surface area contributed by atoms with Gasteiger partial charge in [-0.1, -0.05) is 32.9 Å². The zero-order valence-corrected chi connectivity index (χ0v) is 11.8. The van der Waals surface area contributed by atoms with Crippen LogP contribution in [0, 0.1) is 6.92 Å². The van der Waals surface area contributed by atoms with Crippen molar-refractivity contribution in [1.82, 2.24) is 9.55 Å². The Hall–Kier alpha value is -1.77. The van der Waals surface area contributed by atoms with Crippen LogP contribution in [0.15, 0.2) is 24.4 Å². The number of benzene rings is 1. The number of imidazole rings is 1. The summed E-state index contributed by atoms with van der Waals surface area (Å²) in [5.74, 6) is 0.547. The fourth-order valence-corrected chi connectivity index (χ4v) is 1.97. The molecule has 2 rings (SSSR count). The molecule has 0 atom stereocenters. The zero-order valence-electron chi connectivity index (χ0n) is 11.8. The lowest BCUT2D eigenvalue weighted by Gasteiger charge is -2.20. The molecule has 0 amide bonds. The van der Waals surface area contributed by atoms with E-state index in [-0.39, 0.29) is 5.41 Å². The normalized spacial score (nSPS) is 11.8. The summed E-state index contributed by atoms with van der Waals surface area (Å²) in [6.07, 6.45) is 1.98. The molecule has 0 unspecified atom stereocenters. The van der Waals surface area contributed by atoms with Crippen LogP contribution in [0.2, 0.25) is 0 Å². The van der Waals surface area contributed by atoms with Crippen molar-refractivity contribution in [3.8, 4) is 11.3 Å². The van der Waals surface area contributed by atoms with E-state index in [1.54, 1.807) is 0 Å². The van der Waals surface area contributed by atoms with Crippen molar-refractivity contribution in [1.29, 1.82) is 0 Å². The van der Waals surface area contributed by atoms with Gasteiger partial charge in [0.05, 0.1) is 5.69 Å². The van der Waals surface area contributed by atoms with Gasteiger partial charge < -0.3 is 10.3 Å². The summed E-state index contributed by atoms with van der Waals surface area (Å²) in [5, 5.41) is 0. The zero-order chi connectivity index (χ0) is 13.5. The number of nitrogens with two attached hydrogens (primary N) is 1. The standard InChI is InChI=1S/C15H21N3/c1-10-6-7-11(15(2,3)4)8-12(10)13-9-18(5)14(16)17-13/h6-9H,1-5H3,(H2,16,17). The van der Waals surface area contributed by atoms with Gasteiger partial charge in [-0.15, -0.1) is 0 Å². The third kappa shape index (κ3) is 2.26. The van der Waals surface area contributed by atoms with E-state index in [1.807, 2.05) is 17.8 Å². The van der Waals surface area contributed by atoms with E-state index in [1.165, 1.54) is 11.1 Å². The maximum Gasteiger partial charge on any atom is 0.200 e. The van der Waals surface area contributed by atoms with Gasteiger partial charge in [-0.05, 0) is 29.5 Å². The summed E-state index contributed by atoms with van der Waals surface area (Å²) in [5.41, 5.74) is 10.6. The van der Waals surface area contributed by atoms with E-state index >= 15 is 0 Å². The predicted octanol–water partition coefficient (Wildman–Crippen LogP) is 3.28. The van der Waals surface area contributed by atoms with Crippen LogP contribution in [0.1, 0.15) is 31.9 Å². The van der Waals surface area contributed by atoms with Crippen LogP contribution in [0.25, 0.3) is 11.3 Å². The Morgan fingerprint density at radius 2 is 1.89 bits per heavy atom. The third-order valence-corrected chi connectivity index (χ3v) is 3.29. The Morgan fingerprint density at radius 1 is 1.22 bits per heavy atom. The summed E-state index contributed by atoms with van der Waals surface area (Å²) < 4.78 is 1.85. The lowest BCUT2D eigenvalue weighted by molar-refractivity contribution is 0.590. The second-order valence-electron chi connectivity index (χ2n) is 5.87. The first-order chi connectivity index (χ1) is 8.29. The fourth-order valence-electron chi connectivity index (χ4n) is 1.97. The molecule has 0 radical (unpaired) electrons. The van der Waals surface area contributed by atoms with Crippen molar-refractivity contribution < 1.29 is 0 Å². The van der Waals surface area contributed by atoms with Crippen LogP contribution in [0.5, 0.6) is 0 Å². The molecule has 96 valence electrons. The van der Waals surface area contributed by atoms with Crippen LogP contribution >= 0.6 is 0 Å². The average Bonchev–Trinajstić information content (AvgIpc) is 2.58. The molecule has 3 nitrogen and oxygen atoms in total. The van der Waals surface area contributed by atoms with E-state index in [2.05, 4.69) is 50.9 Å². The number of aromatic nitrogens is 2. The van der Waals surface area contributed by atoms with Crippen LogP contribution in [0.3, 0.4) is 0 Å². The largest absolute Gasteiger partial charge is 0.369 e. The van der Waals surface area contributed by atoms with Crippen LogP contribution in [-0.4, -0.2) is 9.55 Å². The molecule has 2 N–H and O–H groups in total. The number of nitrogens with zero attached hydrogens (tertiary/aromatic N) is 2. The minimum absolute atomic E-state index is 0.142. The molecule has 0 spiro atoms. The monoisotopic (exact) mass is 243 g/mol. The Kier molecular flexibility index (Phi) is 2.93. The van der Waals surface area contributed by atoms with E-state index in [0.29, 0.717) is 5.95 Å². The average molecular weight is 243 g/mol. The third-order valence-electron chi connectivity index (χ3n) is 3.29. The molecule has 1 aromatic carbocycles. The molecule has 0 fully saturated rings. The molecule has 0 saturated carbocycles. The predicted molar refractivity (Wildman–Crippen MR) is 76.5 cm³/mol. The lowest BCUT2D eigenvalue weighted by Crippen LogP contribution is -2.11. The fraction of sp³-hybridized carbons (Fsp3) is 0.400. The smallest absolute Gasteiger partial charge is 0.200 e. The number of hydrogen-bond acceptors (Lipinski definition) is 2. The molecule has 2 aromatic rings. The van der Waals surface area contributed by atoms with Crippen molar-refractivity contribution >= 4 is 5.95 Å². The van der Waals surface area contributed by atoms with Gasteiger partial charge >= 0.3 is 0 Å². The van der Waals surface area contributed by atoms with Crippen molar-refractivity contribution in [3.05, 3.63) is 35.5 Å². The molecule has 1 heterocycles. The highest BCUT2D eigenvalue weighted by Gasteiger charge is 2.16. The molecule has 0 aliphatic heterocycles. The highest BCUT2D eigenvalue weighted by Crippen LogP contribution is 2.29. The first kappa shape index (κ1) is 12.7. The second-order valence-corrected chi connectivity index (χ2v) is 5.87. The molecule has 18 heavy (non-hydrogen) atoms. The molecule has 0 aliphatic rings. The Morgan fingerprint density at radius 3 is 2.39 bits per heavy atom. The molecular weight excluding hydrogens is 222 g/mol. The van der Waals surface area contributed by atoms with Gasteiger partial charge in [0.15, 0.2) is 5.95 Å². The summed E-state index contributed by atoms with van der Waals surface area (Å²) in [6, 6.07) is 6.56. The van der Waals surface area contributed by atoms with Gasteiger partial charge in [0.25, 0.3) is 0 Å². The summed E-state index contributed by atoms with van der Waals surface area (Å²) >= 11 is 0. The van der Waals surface area contributed by atoms with Crippen molar-refractivity contribution in [3.63, 3.8) is 0 Å². The number of rotatable bonds is 1. The Balaban J connectivity index is 2.56. The van der Waals surface area contributed by atoms with E-state index in [0.717, 1.165) is 11.3 Å². The maximum atomic E-state index is 5.80. The van der Waals surface area contributed by atoms with E-state index < -0.39 is 0 Å². The van der Waals surface area contributed by atoms with E-state index in [4.69, 9.17) is 5.73 Å². The number of nitrogen functional groups attached to an aromatic ring is 1. The molecule has 1 aromatic heterocycles. The Bertz CT molecular complexity index is 554. The van der Waals surface area contributed by atoms with Crippen molar-refractivity contribution in [2.24, 2.45) is 7.05 Å². The summed E-state index contributed by atoms with van der Waals surface area (Å²) in [4.78, 5) is 4.41. The number of aryl methyl sites for hydroxylation is 2. The van der Waals surface area contributed by atoms with Gasteiger partial charge in [-0.25, -0.2) is 4.98 Å². The molecule has 0 aliphatic carbocycles. The summed E-state index contributed by atoms with van der Waals surface area (Å²) in [6.45, 7) is 8.75.